The molecule has 3 amide bonds. The minimum absolute atomic E-state index is 0.153. The van der Waals surface area contributed by atoms with E-state index in [0.717, 1.165) is 32.6 Å². The maximum atomic E-state index is 13.9. The average molecular weight is 486 g/mol. The number of hydrogen-bond acceptors (Lipinski definition) is 4. The molecule has 1 fully saturated rings. The van der Waals surface area contributed by atoms with Gasteiger partial charge >= 0.3 is 12.0 Å². The molecule has 3 aromatic carbocycles. The fourth-order valence-electron chi connectivity index (χ4n) is 5.27. The van der Waals surface area contributed by atoms with E-state index in [2.05, 4.69) is 4.98 Å². The van der Waals surface area contributed by atoms with E-state index in [1.165, 1.54) is 7.11 Å². The van der Waals surface area contributed by atoms with Gasteiger partial charge in [-0.1, -0.05) is 54.1 Å². The highest BCUT2D eigenvalue weighted by atomic mass is 35.5. The second-order valence-electron chi connectivity index (χ2n) is 8.61. The van der Waals surface area contributed by atoms with Crippen molar-refractivity contribution in [1.82, 2.24) is 9.88 Å². The minimum Gasteiger partial charge on any atom is -0.465 e. The molecule has 1 N–H and O–H groups in total. The summed E-state index contributed by atoms with van der Waals surface area (Å²) in [7, 11) is 1.27. The van der Waals surface area contributed by atoms with Crippen LogP contribution < -0.4 is 4.90 Å². The van der Waals surface area contributed by atoms with Crippen molar-refractivity contribution >= 4 is 46.1 Å². The van der Waals surface area contributed by atoms with Crippen molar-refractivity contribution < 1.29 is 19.1 Å². The summed E-state index contributed by atoms with van der Waals surface area (Å²) in [6.07, 6.45) is 0.359. The lowest BCUT2D eigenvalue weighted by Crippen LogP contribution is -2.44. The number of H-pyrrole nitrogens is 1. The lowest BCUT2D eigenvalue weighted by Gasteiger charge is -2.36. The number of halogens is 1. The third-order valence-electron chi connectivity index (χ3n) is 6.76. The number of carbonyl (C=O) groups excluding carboxylic acids is 3. The van der Waals surface area contributed by atoms with E-state index in [4.69, 9.17) is 16.3 Å². The predicted octanol–water partition coefficient (Wildman–Crippen LogP) is 5.09. The molecule has 4 aromatic rings. The molecule has 2 aliphatic rings. The van der Waals surface area contributed by atoms with Crippen LogP contribution in [0.2, 0.25) is 5.02 Å². The fraction of sp³-hybridized carbons (Fsp3) is 0.148. The van der Waals surface area contributed by atoms with Gasteiger partial charge in [-0.2, -0.15) is 0 Å². The zero-order valence-corrected chi connectivity index (χ0v) is 19.5. The molecule has 2 aliphatic heterocycles. The number of nitrogens with one attached hydrogen (secondary N) is 1. The number of anilines is 1. The molecule has 7 nitrogen and oxygen atoms in total. The Balaban J connectivity index is 1.55. The van der Waals surface area contributed by atoms with Gasteiger partial charge in [-0.3, -0.25) is 9.69 Å². The van der Waals surface area contributed by atoms with Crippen molar-refractivity contribution in [2.45, 2.75) is 18.5 Å². The number of nitrogens with zero attached hydrogens (tertiary/aromatic N) is 2. The maximum Gasteiger partial charge on any atom is 0.339 e. The summed E-state index contributed by atoms with van der Waals surface area (Å²) in [5.74, 6) is -0.997. The molecule has 0 spiro atoms. The lowest BCUT2D eigenvalue weighted by molar-refractivity contribution is -0.120. The van der Waals surface area contributed by atoms with E-state index in [9.17, 15) is 14.4 Å². The number of hydrogen-bond donors (Lipinski definition) is 1. The summed E-state index contributed by atoms with van der Waals surface area (Å²) in [5.41, 5.74) is 3.95. The SMILES string of the molecule is COC(=O)c1ccccc1N1C(=O)[C@@H]2Cc3c([nH]c4ccccc34)[C@H](c3cccc(Cl)c3)N2C1=O. The molecular weight excluding hydrogens is 466 g/mol. The van der Waals surface area contributed by atoms with Crippen LogP contribution in [-0.4, -0.2) is 40.9 Å². The standard InChI is InChI=1S/C27H20ClN3O4/c1-35-26(33)18-10-3-5-12-21(18)31-25(32)22-14-19-17-9-2-4-11-20(17)29-23(19)24(30(22)27(31)34)15-7-6-8-16(28)13-15/h2-13,22,24,29H,14H2,1H3/t22-,24-/m0/s1. The third kappa shape index (κ3) is 3.15. The molecule has 1 saturated heterocycles. The van der Waals surface area contributed by atoms with Crippen molar-refractivity contribution in [2.24, 2.45) is 0 Å². The number of carbonyl (C=O) groups is 3. The van der Waals surface area contributed by atoms with Crippen molar-refractivity contribution in [1.29, 1.82) is 0 Å². The molecule has 8 heteroatoms. The summed E-state index contributed by atoms with van der Waals surface area (Å²) in [4.78, 5) is 46.3. The average Bonchev–Trinajstić information content (AvgIpc) is 3.36. The number of benzene rings is 3. The molecule has 0 unspecified atom stereocenters. The molecule has 1 aromatic heterocycles. The summed E-state index contributed by atoms with van der Waals surface area (Å²) in [6.45, 7) is 0. The Labute approximate surface area is 205 Å². The Kier molecular flexibility index (Phi) is 4.89. The molecule has 35 heavy (non-hydrogen) atoms. The normalized spacial score (nSPS) is 19.1. The van der Waals surface area contributed by atoms with Gasteiger partial charge in [0.15, 0.2) is 0 Å². The molecule has 2 atom stereocenters. The lowest BCUT2D eigenvalue weighted by atomic mass is 9.89. The molecule has 3 heterocycles. The van der Waals surface area contributed by atoms with Crippen molar-refractivity contribution in [3.05, 3.63) is 100 Å². The van der Waals surface area contributed by atoms with Crippen LogP contribution in [0, 0.1) is 0 Å². The quantitative estimate of drug-likeness (QED) is 0.323. The molecule has 174 valence electrons. The van der Waals surface area contributed by atoms with E-state index in [1.807, 2.05) is 42.5 Å². The summed E-state index contributed by atoms with van der Waals surface area (Å²) >= 11 is 6.33. The molecule has 0 radical (unpaired) electrons. The van der Waals surface area contributed by atoms with Crippen LogP contribution in [0.3, 0.4) is 0 Å². The van der Waals surface area contributed by atoms with Gasteiger partial charge < -0.3 is 9.72 Å². The van der Waals surface area contributed by atoms with Crippen LogP contribution in [0.15, 0.2) is 72.8 Å². The van der Waals surface area contributed by atoms with Crippen LogP contribution >= 0.6 is 11.6 Å². The smallest absolute Gasteiger partial charge is 0.339 e. The highest BCUT2D eigenvalue weighted by Crippen LogP contribution is 2.45. The van der Waals surface area contributed by atoms with Gasteiger partial charge in [-0.05, 0) is 41.5 Å². The highest BCUT2D eigenvalue weighted by molar-refractivity contribution is 6.30. The van der Waals surface area contributed by atoms with Crippen LogP contribution in [0.5, 0.6) is 0 Å². The number of imide groups is 1. The number of para-hydroxylation sites is 2. The van der Waals surface area contributed by atoms with E-state index in [0.29, 0.717) is 11.4 Å². The first kappa shape index (κ1) is 21.4. The van der Waals surface area contributed by atoms with E-state index in [1.54, 1.807) is 35.2 Å². The van der Waals surface area contributed by atoms with Gasteiger partial charge in [-0.25, -0.2) is 14.5 Å². The van der Waals surface area contributed by atoms with Crippen LogP contribution in [0.25, 0.3) is 10.9 Å². The van der Waals surface area contributed by atoms with Crippen LogP contribution in [0.4, 0.5) is 10.5 Å². The predicted molar refractivity (Wildman–Crippen MR) is 132 cm³/mol. The number of urea groups is 1. The monoisotopic (exact) mass is 485 g/mol. The number of fused-ring (bicyclic) bond motifs is 4. The summed E-state index contributed by atoms with van der Waals surface area (Å²) < 4.78 is 4.89. The maximum absolute atomic E-state index is 13.9. The number of aromatic nitrogens is 1. The molecule has 0 bridgehead atoms. The molecule has 0 saturated carbocycles. The number of aromatic amines is 1. The third-order valence-corrected chi connectivity index (χ3v) is 7.00. The molecule has 6 rings (SSSR count). The van der Waals surface area contributed by atoms with Gasteiger partial charge in [0.25, 0.3) is 5.91 Å². The molecular formula is C27H20ClN3O4. The van der Waals surface area contributed by atoms with Crippen LogP contribution in [0.1, 0.15) is 33.2 Å². The van der Waals surface area contributed by atoms with E-state index >= 15 is 0 Å². The van der Waals surface area contributed by atoms with Crippen molar-refractivity contribution in [3.63, 3.8) is 0 Å². The van der Waals surface area contributed by atoms with Gasteiger partial charge in [0.1, 0.15) is 12.1 Å². The first-order valence-corrected chi connectivity index (χ1v) is 11.6. The van der Waals surface area contributed by atoms with Crippen LogP contribution in [-0.2, 0) is 16.0 Å². The van der Waals surface area contributed by atoms with E-state index in [-0.39, 0.29) is 17.2 Å². The van der Waals surface area contributed by atoms with E-state index < -0.39 is 24.1 Å². The molecule has 0 aliphatic carbocycles. The fourth-order valence-corrected chi connectivity index (χ4v) is 5.47. The number of amides is 3. The number of ether oxygens (including phenoxy) is 1. The first-order chi connectivity index (χ1) is 17.0. The zero-order chi connectivity index (χ0) is 24.3. The summed E-state index contributed by atoms with van der Waals surface area (Å²) in [6, 6.07) is 19.9. The largest absolute Gasteiger partial charge is 0.465 e. The van der Waals surface area contributed by atoms with Crippen molar-refractivity contribution in [2.75, 3.05) is 12.0 Å². The highest BCUT2D eigenvalue weighted by Gasteiger charge is 2.53. The van der Waals surface area contributed by atoms with Gasteiger partial charge in [0.2, 0.25) is 0 Å². The second-order valence-corrected chi connectivity index (χ2v) is 9.05. The topological polar surface area (TPSA) is 82.7 Å². The minimum atomic E-state index is -0.733. The Hall–Kier alpha value is -4.10. The second kappa shape index (κ2) is 7.99. The zero-order valence-electron chi connectivity index (χ0n) is 18.7. The Morgan fingerprint density at radius 3 is 2.60 bits per heavy atom. The first-order valence-electron chi connectivity index (χ1n) is 11.2. The summed E-state index contributed by atoms with van der Waals surface area (Å²) in [5, 5.41) is 1.55. The van der Waals surface area contributed by atoms with Gasteiger partial charge in [0.05, 0.1) is 18.4 Å². The number of methoxy groups -OCH3 is 1. The Morgan fingerprint density at radius 2 is 1.80 bits per heavy atom. The van der Waals surface area contributed by atoms with Gasteiger partial charge in [0, 0.05) is 28.0 Å². The Bertz CT molecular complexity index is 1530. The Morgan fingerprint density at radius 1 is 1.03 bits per heavy atom. The number of esters is 1. The van der Waals surface area contributed by atoms with Crippen molar-refractivity contribution in [3.8, 4) is 0 Å². The number of rotatable bonds is 3. The van der Waals surface area contributed by atoms with Gasteiger partial charge in [-0.15, -0.1) is 0 Å².